The molecule has 1 aromatic heterocycles. The van der Waals surface area contributed by atoms with Gasteiger partial charge in [-0.3, -0.25) is 9.59 Å². The number of aromatic nitrogens is 1. The summed E-state index contributed by atoms with van der Waals surface area (Å²) in [6, 6.07) is 6.34. The summed E-state index contributed by atoms with van der Waals surface area (Å²) in [5.41, 5.74) is 1.51. The van der Waals surface area contributed by atoms with Gasteiger partial charge < -0.3 is 15.8 Å². The first-order valence-corrected chi connectivity index (χ1v) is 7.84. The Kier molecular flexibility index (Phi) is 3.98. The maximum absolute atomic E-state index is 12.3. The summed E-state index contributed by atoms with van der Waals surface area (Å²) in [5, 5.41) is 16.4. The van der Waals surface area contributed by atoms with E-state index in [1.807, 2.05) is 32.0 Å². The van der Waals surface area contributed by atoms with Crippen molar-refractivity contribution in [3.8, 4) is 0 Å². The fraction of sp³-hybridized carbons (Fsp3) is 0.412. The fourth-order valence-corrected chi connectivity index (χ4v) is 3.07. The van der Waals surface area contributed by atoms with Gasteiger partial charge >= 0.3 is 0 Å². The number of nitrogens with one attached hydrogen (secondary N) is 2. The Bertz CT molecular complexity index is 751. The second-order valence-corrected chi connectivity index (χ2v) is 6.47. The van der Waals surface area contributed by atoms with Crippen LogP contribution in [0.25, 0.3) is 10.9 Å². The highest BCUT2D eigenvalue weighted by atomic mass is 16.5. The molecule has 1 aromatic carbocycles. The molecule has 122 valence electrons. The molecule has 2 heterocycles. The van der Waals surface area contributed by atoms with Crippen molar-refractivity contribution in [2.45, 2.75) is 38.8 Å². The molecule has 1 fully saturated rings. The number of rotatable bonds is 4. The standard InChI is InChI=1S/C17H21N3O3/c1-10(2)7-13-16(21)19-14(17(22)18-13)8-11-9-20(23)15-6-4-3-5-12(11)15/h3-6,9-10,13-14,23H,7-8H2,1-2H3,(H,18,22)(H,19,21)/t13-,14-/m0/s1. The van der Waals surface area contributed by atoms with Crippen LogP contribution in [-0.2, 0) is 16.0 Å². The highest BCUT2D eigenvalue weighted by Gasteiger charge is 2.34. The maximum atomic E-state index is 12.3. The van der Waals surface area contributed by atoms with Gasteiger partial charge in [-0.15, -0.1) is 0 Å². The molecule has 2 atom stereocenters. The Labute approximate surface area is 134 Å². The summed E-state index contributed by atoms with van der Waals surface area (Å²) in [7, 11) is 0. The Morgan fingerprint density at radius 3 is 2.52 bits per heavy atom. The van der Waals surface area contributed by atoms with Crippen LogP contribution in [0.3, 0.4) is 0 Å². The number of benzene rings is 1. The summed E-state index contributed by atoms with van der Waals surface area (Å²) < 4.78 is 1.05. The lowest BCUT2D eigenvalue weighted by Gasteiger charge is -2.30. The van der Waals surface area contributed by atoms with Crippen LogP contribution in [-0.4, -0.2) is 33.8 Å². The van der Waals surface area contributed by atoms with Crippen LogP contribution in [0.2, 0.25) is 0 Å². The van der Waals surface area contributed by atoms with Gasteiger partial charge in [-0.25, -0.2) is 0 Å². The number of carbonyl (C=O) groups excluding carboxylic acids is 2. The molecule has 0 saturated carbocycles. The third-order valence-corrected chi connectivity index (χ3v) is 4.17. The molecule has 1 aliphatic heterocycles. The van der Waals surface area contributed by atoms with Gasteiger partial charge in [-0.2, -0.15) is 4.73 Å². The SMILES string of the molecule is CC(C)C[C@@H]1NC(=O)[C@H](Cc2cn(O)c3ccccc23)NC1=O. The van der Waals surface area contributed by atoms with E-state index >= 15 is 0 Å². The van der Waals surface area contributed by atoms with Crippen LogP contribution in [0.15, 0.2) is 30.5 Å². The lowest BCUT2D eigenvalue weighted by Crippen LogP contribution is -2.62. The summed E-state index contributed by atoms with van der Waals surface area (Å²) in [5.74, 6) is 0.0102. The van der Waals surface area contributed by atoms with Gasteiger partial charge in [0.1, 0.15) is 12.1 Å². The largest absolute Gasteiger partial charge is 0.428 e. The van der Waals surface area contributed by atoms with Crippen molar-refractivity contribution in [1.29, 1.82) is 0 Å². The maximum Gasteiger partial charge on any atom is 0.243 e. The van der Waals surface area contributed by atoms with Crippen molar-refractivity contribution in [3.05, 3.63) is 36.0 Å². The van der Waals surface area contributed by atoms with E-state index in [1.165, 1.54) is 0 Å². The molecular formula is C17H21N3O3. The van der Waals surface area contributed by atoms with Crippen molar-refractivity contribution in [3.63, 3.8) is 0 Å². The first kappa shape index (κ1) is 15.4. The number of nitrogens with zero attached hydrogens (tertiary/aromatic N) is 1. The first-order chi connectivity index (χ1) is 11.0. The van der Waals surface area contributed by atoms with Crippen molar-refractivity contribution < 1.29 is 14.8 Å². The average Bonchev–Trinajstić information content (AvgIpc) is 2.81. The van der Waals surface area contributed by atoms with E-state index in [9.17, 15) is 14.8 Å². The van der Waals surface area contributed by atoms with Gasteiger partial charge in [0.05, 0.1) is 5.52 Å². The smallest absolute Gasteiger partial charge is 0.243 e. The molecule has 2 amide bonds. The number of amides is 2. The Morgan fingerprint density at radius 2 is 1.78 bits per heavy atom. The van der Waals surface area contributed by atoms with Gasteiger partial charge in [0.2, 0.25) is 11.8 Å². The van der Waals surface area contributed by atoms with Crippen LogP contribution in [0.4, 0.5) is 0 Å². The number of fused-ring (bicyclic) bond motifs is 1. The minimum Gasteiger partial charge on any atom is -0.428 e. The lowest BCUT2D eigenvalue weighted by atomic mass is 9.97. The molecule has 0 bridgehead atoms. The predicted octanol–water partition coefficient (Wildman–Crippen LogP) is 1.45. The molecule has 0 unspecified atom stereocenters. The normalized spacial score (nSPS) is 21.5. The Hall–Kier alpha value is -2.50. The van der Waals surface area contributed by atoms with Crippen LogP contribution in [0.1, 0.15) is 25.8 Å². The molecule has 23 heavy (non-hydrogen) atoms. The van der Waals surface area contributed by atoms with Crippen LogP contribution >= 0.6 is 0 Å². The second-order valence-electron chi connectivity index (χ2n) is 6.47. The predicted molar refractivity (Wildman–Crippen MR) is 86.1 cm³/mol. The monoisotopic (exact) mass is 315 g/mol. The van der Waals surface area contributed by atoms with Gasteiger partial charge in [0, 0.05) is 18.0 Å². The van der Waals surface area contributed by atoms with E-state index in [1.54, 1.807) is 12.3 Å². The van der Waals surface area contributed by atoms with Crippen molar-refractivity contribution in [2.75, 3.05) is 0 Å². The van der Waals surface area contributed by atoms with Crippen LogP contribution < -0.4 is 10.6 Å². The lowest BCUT2D eigenvalue weighted by molar-refractivity contribution is -0.137. The zero-order valence-electron chi connectivity index (χ0n) is 13.2. The summed E-state index contributed by atoms with van der Waals surface area (Å²) in [4.78, 5) is 24.4. The molecule has 3 rings (SSSR count). The zero-order valence-corrected chi connectivity index (χ0v) is 13.2. The third-order valence-electron chi connectivity index (χ3n) is 4.17. The molecule has 0 radical (unpaired) electrons. The second kappa shape index (κ2) is 5.95. The molecule has 6 heteroatoms. The summed E-state index contributed by atoms with van der Waals surface area (Å²) in [6.07, 6.45) is 2.56. The number of hydrogen-bond donors (Lipinski definition) is 3. The molecule has 1 aliphatic rings. The van der Waals surface area contributed by atoms with Gasteiger partial charge in [-0.05, 0) is 24.0 Å². The number of hydrogen-bond acceptors (Lipinski definition) is 3. The van der Waals surface area contributed by atoms with Gasteiger partial charge in [0.15, 0.2) is 0 Å². The summed E-state index contributed by atoms with van der Waals surface area (Å²) in [6.45, 7) is 4.03. The quantitative estimate of drug-likeness (QED) is 0.747. The van der Waals surface area contributed by atoms with E-state index in [4.69, 9.17) is 0 Å². The average molecular weight is 315 g/mol. The third kappa shape index (κ3) is 3.02. The van der Waals surface area contributed by atoms with Crippen LogP contribution in [0.5, 0.6) is 0 Å². The van der Waals surface area contributed by atoms with Crippen molar-refractivity contribution in [1.82, 2.24) is 15.4 Å². The fourth-order valence-electron chi connectivity index (χ4n) is 3.07. The van der Waals surface area contributed by atoms with E-state index in [2.05, 4.69) is 10.6 Å². The van der Waals surface area contributed by atoms with Crippen molar-refractivity contribution in [2.24, 2.45) is 5.92 Å². The number of carbonyl (C=O) groups is 2. The summed E-state index contributed by atoms with van der Waals surface area (Å²) >= 11 is 0. The van der Waals surface area contributed by atoms with E-state index in [-0.39, 0.29) is 11.8 Å². The van der Waals surface area contributed by atoms with Gasteiger partial charge in [0.25, 0.3) is 0 Å². The molecule has 0 aliphatic carbocycles. The topological polar surface area (TPSA) is 83.4 Å². The molecular weight excluding hydrogens is 294 g/mol. The zero-order chi connectivity index (χ0) is 16.6. The molecule has 0 spiro atoms. The van der Waals surface area contributed by atoms with E-state index < -0.39 is 12.1 Å². The molecule has 2 aromatic rings. The number of piperazine rings is 1. The molecule has 3 N–H and O–H groups in total. The van der Waals surface area contributed by atoms with E-state index in [0.717, 1.165) is 15.7 Å². The van der Waals surface area contributed by atoms with Gasteiger partial charge in [-0.1, -0.05) is 32.0 Å². The Morgan fingerprint density at radius 1 is 1.13 bits per heavy atom. The van der Waals surface area contributed by atoms with Crippen molar-refractivity contribution >= 4 is 22.7 Å². The molecule has 1 saturated heterocycles. The Balaban J connectivity index is 1.78. The minimum absolute atomic E-state index is 0.143. The first-order valence-electron chi connectivity index (χ1n) is 7.84. The van der Waals surface area contributed by atoms with Crippen LogP contribution in [0, 0.1) is 5.92 Å². The number of para-hydroxylation sites is 1. The highest BCUT2D eigenvalue weighted by Crippen LogP contribution is 2.22. The minimum atomic E-state index is -0.614. The highest BCUT2D eigenvalue weighted by molar-refractivity contribution is 5.97. The van der Waals surface area contributed by atoms with E-state index in [0.29, 0.717) is 24.3 Å². The molecule has 6 nitrogen and oxygen atoms in total.